The maximum absolute atomic E-state index is 12.8. The van der Waals surface area contributed by atoms with E-state index in [1.807, 2.05) is 12.1 Å². The number of halogens is 1. The van der Waals surface area contributed by atoms with Crippen molar-refractivity contribution in [2.75, 3.05) is 7.11 Å². The summed E-state index contributed by atoms with van der Waals surface area (Å²) in [6.45, 7) is 0. The van der Waals surface area contributed by atoms with E-state index in [0.29, 0.717) is 22.8 Å². The van der Waals surface area contributed by atoms with Crippen LogP contribution in [-0.4, -0.2) is 31.5 Å². The van der Waals surface area contributed by atoms with Gasteiger partial charge in [0.2, 0.25) is 0 Å². The maximum atomic E-state index is 12.8. The number of para-hydroxylation sites is 2. The Morgan fingerprint density at radius 1 is 0.816 bits per heavy atom. The molecule has 0 spiro atoms. The number of ether oxygens (including phenoxy) is 4. The molecule has 0 aliphatic heterocycles. The molecular weight excluding hydrogens is 508 g/mol. The Labute approximate surface area is 224 Å². The second kappa shape index (κ2) is 12.9. The number of esters is 1. The van der Waals surface area contributed by atoms with Crippen LogP contribution in [0.5, 0.6) is 23.0 Å². The Bertz CT molecular complexity index is 1370. The zero-order chi connectivity index (χ0) is 26.7. The molecule has 8 nitrogen and oxygen atoms in total. The standard InChI is InChI=1S/C29H23ClN2O6/c1-35-26-18-20(16-17-25(26)38-28(34)23-14-8-9-15-24(23)30)19-31-32-27(33)29(36-21-10-4-2-5-11-21)37-22-12-6-3-7-13-22/h2-19,29H,1H3,(H,32,33)/b31-19+. The van der Waals surface area contributed by atoms with E-state index in [-0.39, 0.29) is 16.3 Å². The monoisotopic (exact) mass is 530 g/mol. The van der Waals surface area contributed by atoms with Crippen LogP contribution in [0.25, 0.3) is 0 Å². The number of hydrogen-bond donors (Lipinski definition) is 1. The molecule has 0 fully saturated rings. The van der Waals surface area contributed by atoms with Gasteiger partial charge in [0.15, 0.2) is 11.5 Å². The number of nitrogens with one attached hydrogen (secondary N) is 1. The van der Waals surface area contributed by atoms with E-state index in [0.717, 1.165) is 0 Å². The number of carbonyl (C=O) groups is 2. The summed E-state index contributed by atoms with van der Waals surface area (Å²) in [5, 5.41) is 4.28. The van der Waals surface area contributed by atoms with Crippen LogP contribution in [0.2, 0.25) is 5.02 Å². The molecule has 192 valence electrons. The highest BCUT2D eigenvalue weighted by Gasteiger charge is 2.22. The van der Waals surface area contributed by atoms with Crippen molar-refractivity contribution in [1.29, 1.82) is 0 Å². The smallest absolute Gasteiger partial charge is 0.345 e. The molecule has 0 bridgehead atoms. The van der Waals surface area contributed by atoms with E-state index < -0.39 is 18.2 Å². The van der Waals surface area contributed by atoms with Gasteiger partial charge in [-0.1, -0.05) is 60.1 Å². The molecule has 1 N–H and O–H groups in total. The van der Waals surface area contributed by atoms with Gasteiger partial charge in [-0.15, -0.1) is 0 Å². The van der Waals surface area contributed by atoms with E-state index in [1.165, 1.54) is 13.3 Å². The molecule has 1 amide bonds. The predicted molar refractivity (Wildman–Crippen MR) is 143 cm³/mol. The average Bonchev–Trinajstić information content (AvgIpc) is 2.94. The van der Waals surface area contributed by atoms with Crippen molar-refractivity contribution >= 4 is 29.7 Å². The Morgan fingerprint density at radius 2 is 1.42 bits per heavy atom. The highest BCUT2D eigenvalue weighted by Crippen LogP contribution is 2.29. The van der Waals surface area contributed by atoms with Crippen molar-refractivity contribution in [3.05, 3.63) is 119 Å². The first-order valence-corrected chi connectivity index (χ1v) is 11.8. The van der Waals surface area contributed by atoms with Crippen molar-refractivity contribution in [2.45, 2.75) is 6.29 Å². The third-order valence-corrected chi connectivity index (χ3v) is 5.39. The normalized spacial score (nSPS) is 10.7. The number of rotatable bonds is 10. The molecule has 0 unspecified atom stereocenters. The number of carbonyl (C=O) groups excluding carboxylic acids is 2. The third-order valence-electron chi connectivity index (χ3n) is 5.06. The van der Waals surface area contributed by atoms with Crippen molar-refractivity contribution in [3.8, 4) is 23.0 Å². The lowest BCUT2D eigenvalue weighted by atomic mass is 10.2. The minimum Gasteiger partial charge on any atom is -0.493 e. The van der Waals surface area contributed by atoms with E-state index in [9.17, 15) is 9.59 Å². The lowest BCUT2D eigenvalue weighted by Gasteiger charge is -2.18. The molecule has 4 aromatic carbocycles. The number of nitrogens with zero attached hydrogens (tertiary/aromatic N) is 1. The summed E-state index contributed by atoms with van der Waals surface area (Å²) >= 11 is 6.08. The molecule has 9 heteroatoms. The number of hydrazone groups is 1. The molecule has 4 rings (SSSR count). The summed E-state index contributed by atoms with van der Waals surface area (Å²) in [6.07, 6.45) is 0.112. The molecule has 0 aliphatic rings. The van der Waals surface area contributed by atoms with Gasteiger partial charge in [0.05, 0.1) is 23.9 Å². The SMILES string of the molecule is COc1cc(/C=N/NC(=O)C(Oc2ccccc2)Oc2ccccc2)ccc1OC(=O)c1ccccc1Cl. The maximum Gasteiger partial charge on any atom is 0.345 e. The molecule has 0 heterocycles. The quantitative estimate of drug-likeness (QED) is 0.0956. The van der Waals surface area contributed by atoms with Crippen LogP contribution >= 0.6 is 11.6 Å². The zero-order valence-electron chi connectivity index (χ0n) is 20.2. The first-order valence-electron chi connectivity index (χ1n) is 11.4. The molecule has 0 saturated heterocycles. The van der Waals surface area contributed by atoms with Crippen LogP contribution in [-0.2, 0) is 4.79 Å². The van der Waals surface area contributed by atoms with Gasteiger partial charge < -0.3 is 18.9 Å². The van der Waals surface area contributed by atoms with Gasteiger partial charge in [-0.25, -0.2) is 10.2 Å². The number of benzene rings is 4. The highest BCUT2D eigenvalue weighted by molar-refractivity contribution is 6.33. The van der Waals surface area contributed by atoms with E-state index in [2.05, 4.69) is 10.5 Å². The highest BCUT2D eigenvalue weighted by atomic mass is 35.5. The van der Waals surface area contributed by atoms with Gasteiger partial charge in [-0.2, -0.15) is 5.10 Å². The van der Waals surface area contributed by atoms with Crippen molar-refractivity contribution in [3.63, 3.8) is 0 Å². The summed E-state index contributed by atoms with van der Waals surface area (Å²) in [5.74, 6) is 0.166. The molecule has 4 aromatic rings. The number of amides is 1. The Hall–Kier alpha value is -4.82. The first-order chi connectivity index (χ1) is 18.5. The predicted octanol–water partition coefficient (Wildman–Crippen LogP) is 5.50. The van der Waals surface area contributed by atoms with Crippen molar-refractivity contribution < 1.29 is 28.5 Å². The van der Waals surface area contributed by atoms with Crippen molar-refractivity contribution in [1.82, 2.24) is 5.43 Å². The molecule has 0 atom stereocenters. The second-order valence-corrected chi connectivity index (χ2v) is 8.11. The number of hydrogen-bond acceptors (Lipinski definition) is 7. The van der Waals surface area contributed by atoms with E-state index >= 15 is 0 Å². The topological polar surface area (TPSA) is 95.5 Å². The first kappa shape index (κ1) is 26.2. The van der Waals surface area contributed by atoms with Gasteiger partial charge in [-0.3, -0.25) is 4.79 Å². The molecule has 0 aliphatic carbocycles. The van der Waals surface area contributed by atoms with E-state index in [1.54, 1.807) is 91.0 Å². The Morgan fingerprint density at radius 3 is 2.03 bits per heavy atom. The second-order valence-electron chi connectivity index (χ2n) is 7.71. The summed E-state index contributed by atoms with van der Waals surface area (Å²) in [6, 6.07) is 29.0. The fraction of sp³-hybridized carbons (Fsp3) is 0.0690. The Balaban J connectivity index is 1.43. The van der Waals surface area contributed by atoms with Crippen LogP contribution in [0.3, 0.4) is 0 Å². The van der Waals surface area contributed by atoms with Crippen LogP contribution in [0.15, 0.2) is 108 Å². The lowest BCUT2D eigenvalue weighted by Crippen LogP contribution is -2.40. The van der Waals surface area contributed by atoms with E-state index in [4.69, 9.17) is 30.5 Å². The van der Waals surface area contributed by atoms with Crippen molar-refractivity contribution in [2.24, 2.45) is 5.10 Å². The Kier molecular flexibility index (Phi) is 8.93. The minimum atomic E-state index is -1.29. The third kappa shape index (κ3) is 7.11. The van der Waals surface area contributed by atoms with Gasteiger partial charge >= 0.3 is 18.2 Å². The summed E-state index contributed by atoms with van der Waals surface area (Å²) in [5.41, 5.74) is 3.23. The molecule has 0 aromatic heterocycles. The van der Waals surface area contributed by atoms with Gasteiger partial charge in [0, 0.05) is 0 Å². The van der Waals surface area contributed by atoms with Crippen LogP contribution in [0.1, 0.15) is 15.9 Å². The lowest BCUT2D eigenvalue weighted by molar-refractivity contribution is -0.140. The molecular formula is C29H23ClN2O6. The number of methoxy groups -OCH3 is 1. The fourth-order valence-corrected chi connectivity index (χ4v) is 3.44. The van der Waals surface area contributed by atoms with Crippen LogP contribution < -0.4 is 24.4 Å². The van der Waals surface area contributed by atoms with Gasteiger partial charge in [0.1, 0.15) is 11.5 Å². The summed E-state index contributed by atoms with van der Waals surface area (Å²) in [7, 11) is 1.44. The average molecular weight is 531 g/mol. The summed E-state index contributed by atoms with van der Waals surface area (Å²) in [4.78, 5) is 25.3. The minimum absolute atomic E-state index is 0.200. The summed E-state index contributed by atoms with van der Waals surface area (Å²) < 4.78 is 22.3. The van der Waals surface area contributed by atoms with Crippen LogP contribution in [0, 0.1) is 0 Å². The zero-order valence-corrected chi connectivity index (χ0v) is 21.0. The van der Waals surface area contributed by atoms with Gasteiger partial charge in [-0.05, 0) is 60.2 Å². The van der Waals surface area contributed by atoms with Crippen LogP contribution in [0.4, 0.5) is 0 Å². The van der Waals surface area contributed by atoms with Gasteiger partial charge in [0.25, 0.3) is 0 Å². The largest absolute Gasteiger partial charge is 0.493 e. The molecule has 0 radical (unpaired) electrons. The fourth-order valence-electron chi connectivity index (χ4n) is 3.23. The molecule has 0 saturated carbocycles. The molecule has 38 heavy (non-hydrogen) atoms.